The molecule has 0 bridgehead atoms. The van der Waals surface area contributed by atoms with Crippen molar-refractivity contribution in [3.63, 3.8) is 0 Å². The van der Waals surface area contributed by atoms with Crippen LogP contribution in [0.1, 0.15) is 6.42 Å². The standard InChI is InChI=1S/C18H36N4O11/c19-2-6-10(25)12(27)13(28)18(30-6)33-16-5(21)1-4(20)15(14(16)29)32-17-11(26)8(22)9(24)7(3-23)31-17/h4-18,23-29H,1-3,19-22H2/t4-,5+,6?,7?,8?,9-,10-,11-,12?,13-,14?,15?,16-,17-,18-/m1/s1. The fourth-order valence-corrected chi connectivity index (χ4v) is 4.40. The van der Waals surface area contributed by atoms with Crippen LogP contribution < -0.4 is 22.9 Å². The molecule has 15 nitrogen and oxygen atoms in total. The summed E-state index contributed by atoms with van der Waals surface area (Å²) in [6.07, 6.45) is -16.5. The SMILES string of the molecule is NCC1O[C@H](O[C@H]2C(O)C(O[C@H]3OC(CO)[C@@H](O)C(N)[C@H]3O)[C@H](N)C[C@@H]2N)[C@H](O)C(O)[C@@H]1O. The molecule has 0 aromatic rings. The molecular weight excluding hydrogens is 448 g/mol. The summed E-state index contributed by atoms with van der Waals surface area (Å²) in [6.45, 7) is -0.763. The van der Waals surface area contributed by atoms with Gasteiger partial charge >= 0.3 is 0 Å². The monoisotopic (exact) mass is 484 g/mol. The number of nitrogens with two attached hydrogens (primary N) is 4. The molecule has 0 spiro atoms. The molecule has 0 amide bonds. The van der Waals surface area contributed by atoms with E-state index in [0.717, 1.165) is 0 Å². The number of hydrogen-bond acceptors (Lipinski definition) is 15. The van der Waals surface area contributed by atoms with Crippen LogP contribution in [-0.2, 0) is 18.9 Å². The van der Waals surface area contributed by atoms with Gasteiger partial charge in [-0.3, -0.25) is 0 Å². The predicted molar refractivity (Wildman–Crippen MR) is 108 cm³/mol. The Kier molecular flexibility index (Phi) is 8.99. The van der Waals surface area contributed by atoms with Crippen molar-refractivity contribution in [2.75, 3.05) is 13.2 Å². The molecule has 3 aliphatic rings. The van der Waals surface area contributed by atoms with Crippen LogP contribution in [0.15, 0.2) is 0 Å². The zero-order valence-corrected chi connectivity index (χ0v) is 17.9. The predicted octanol–water partition coefficient (Wildman–Crippen LogP) is -7.29. The molecule has 15 N–H and O–H groups in total. The molecule has 1 saturated carbocycles. The molecule has 2 heterocycles. The van der Waals surface area contributed by atoms with Crippen LogP contribution in [0.4, 0.5) is 0 Å². The van der Waals surface area contributed by atoms with Crippen molar-refractivity contribution in [3.05, 3.63) is 0 Å². The third-order valence-corrected chi connectivity index (χ3v) is 6.48. The zero-order valence-electron chi connectivity index (χ0n) is 17.9. The minimum absolute atomic E-state index is 0.0849. The number of ether oxygens (including phenoxy) is 4. The van der Waals surface area contributed by atoms with Gasteiger partial charge in [0.1, 0.15) is 61.0 Å². The van der Waals surface area contributed by atoms with Crippen LogP contribution >= 0.6 is 0 Å². The Bertz CT molecular complexity index is 584. The maximum Gasteiger partial charge on any atom is 0.187 e. The van der Waals surface area contributed by atoms with E-state index in [-0.39, 0.29) is 13.0 Å². The van der Waals surface area contributed by atoms with E-state index in [4.69, 9.17) is 41.9 Å². The van der Waals surface area contributed by atoms with Crippen molar-refractivity contribution in [1.82, 2.24) is 0 Å². The number of rotatable bonds is 6. The lowest BCUT2D eigenvalue weighted by atomic mass is 9.84. The van der Waals surface area contributed by atoms with Gasteiger partial charge < -0.3 is 77.6 Å². The van der Waals surface area contributed by atoms with Gasteiger partial charge in [-0.1, -0.05) is 0 Å². The fraction of sp³-hybridized carbons (Fsp3) is 1.00. The van der Waals surface area contributed by atoms with Crippen LogP contribution in [0.5, 0.6) is 0 Å². The highest BCUT2D eigenvalue weighted by Crippen LogP contribution is 2.31. The molecule has 3 fully saturated rings. The van der Waals surface area contributed by atoms with Crippen LogP contribution in [0.3, 0.4) is 0 Å². The van der Waals surface area contributed by atoms with Gasteiger partial charge in [0.15, 0.2) is 12.6 Å². The Balaban J connectivity index is 1.72. The maximum absolute atomic E-state index is 10.9. The molecule has 1 aliphatic carbocycles. The van der Waals surface area contributed by atoms with E-state index in [0.29, 0.717) is 0 Å². The average Bonchev–Trinajstić information content (AvgIpc) is 2.79. The first-order valence-corrected chi connectivity index (χ1v) is 10.8. The first kappa shape index (κ1) is 27.0. The van der Waals surface area contributed by atoms with Gasteiger partial charge in [-0.05, 0) is 6.42 Å². The van der Waals surface area contributed by atoms with Crippen LogP contribution in [0, 0.1) is 0 Å². The number of aliphatic hydroxyl groups excluding tert-OH is 7. The van der Waals surface area contributed by atoms with Crippen molar-refractivity contribution in [2.45, 2.75) is 98.2 Å². The summed E-state index contributed by atoms with van der Waals surface area (Å²) in [7, 11) is 0. The van der Waals surface area contributed by atoms with E-state index in [9.17, 15) is 35.7 Å². The van der Waals surface area contributed by atoms with E-state index in [2.05, 4.69) is 0 Å². The Morgan fingerprint density at radius 3 is 1.70 bits per heavy atom. The first-order valence-electron chi connectivity index (χ1n) is 10.8. The molecule has 2 aliphatic heterocycles. The summed E-state index contributed by atoms with van der Waals surface area (Å²) in [5, 5.41) is 70.9. The highest BCUT2D eigenvalue weighted by molar-refractivity contribution is 5.01. The minimum atomic E-state index is -1.66. The summed E-state index contributed by atoms with van der Waals surface area (Å²) < 4.78 is 22.2. The summed E-state index contributed by atoms with van der Waals surface area (Å²) in [6, 6.07) is -2.86. The molecule has 3 rings (SSSR count). The van der Waals surface area contributed by atoms with Gasteiger partial charge in [-0.2, -0.15) is 0 Å². The second kappa shape index (κ2) is 11.0. The highest BCUT2D eigenvalue weighted by atomic mass is 16.7. The topological polar surface area (TPSA) is 283 Å². The summed E-state index contributed by atoms with van der Waals surface area (Å²) in [5.41, 5.74) is 23.5. The molecule has 33 heavy (non-hydrogen) atoms. The first-order chi connectivity index (χ1) is 15.5. The molecule has 6 unspecified atom stereocenters. The molecule has 15 heteroatoms. The highest BCUT2D eigenvalue weighted by Gasteiger charge is 2.51. The largest absolute Gasteiger partial charge is 0.394 e. The summed E-state index contributed by atoms with van der Waals surface area (Å²) in [5.74, 6) is 0. The Hall–Kier alpha value is -0.600. The fourth-order valence-electron chi connectivity index (χ4n) is 4.40. The quantitative estimate of drug-likeness (QED) is 0.167. The van der Waals surface area contributed by atoms with Crippen molar-refractivity contribution < 1.29 is 54.7 Å². The number of aliphatic hydroxyl groups is 7. The summed E-state index contributed by atoms with van der Waals surface area (Å²) in [4.78, 5) is 0. The number of hydrogen-bond donors (Lipinski definition) is 11. The van der Waals surface area contributed by atoms with Crippen molar-refractivity contribution >= 4 is 0 Å². The lowest BCUT2D eigenvalue weighted by Gasteiger charge is -2.48. The molecule has 0 aromatic carbocycles. The van der Waals surface area contributed by atoms with Crippen molar-refractivity contribution in [3.8, 4) is 0 Å². The normalized spacial score (nSPS) is 53.7. The van der Waals surface area contributed by atoms with Crippen molar-refractivity contribution in [1.29, 1.82) is 0 Å². The van der Waals surface area contributed by atoms with Crippen LogP contribution in [-0.4, -0.2) is 141 Å². The van der Waals surface area contributed by atoms with E-state index < -0.39 is 98.4 Å². The second-order valence-corrected chi connectivity index (χ2v) is 8.79. The van der Waals surface area contributed by atoms with E-state index in [1.165, 1.54) is 0 Å². The minimum Gasteiger partial charge on any atom is -0.394 e. The van der Waals surface area contributed by atoms with Gasteiger partial charge in [0.2, 0.25) is 0 Å². The van der Waals surface area contributed by atoms with Crippen LogP contribution in [0.2, 0.25) is 0 Å². The van der Waals surface area contributed by atoms with Gasteiger partial charge in [0, 0.05) is 18.6 Å². The Labute approximate surface area is 189 Å². The van der Waals surface area contributed by atoms with Crippen LogP contribution in [0.25, 0.3) is 0 Å². The van der Waals surface area contributed by atoms with Gasteiger partial charge in [0.25, 0.3) is 0 Å². The summed E-state index contributed by atoms with van der Waals surface area (Å²) >= 11 is 0. The lowest BCUT2D eigenvalue weighted by molar-refractivity contribution is -0.332. The molecule has 0 radical (unpaired) electrons. The molecule has 2 saturated heterocycles. The van der Waals surface area contributed by atoms with E-state index in [1.807, 2.05) is 0 Å². The zero-order chi connectivity index (χ0) is 24.6. The smallest absolute Gasteiger partial charge is 0.187 e. The molecule has 194 valence electrons. The molecule has 0 aromatic heterocycles. The van der Waals surface area contributed by atoms with E-state index in [1.54, 1.807) is 0 Å². The second-order valence-electron chi connectivity index (χ2n) is 8.79. The van der Waals surface area contributed by atoms with Gasteiger partial charge in [-0.25, -0.2) is 0 Å². The molecule has 15 atom stereocenters. The Morgan fingerprint density at radius 1 is 0.667 bits per heavy atom. The Morgan fingerprint density at radius 2 is 1.18 bits per heavy atom. The van der Waals surface area contributed by atoms with Gasteiger partial charge in [-0.15, -0.1) is 0 Å². The third-order valence-electron chi connectivity index (χ3n) is 6.48. The third kappa shape index (κ3) is 5.32. The molecular formula is C18H36N4O11. The average molecular weight is 485 g/mol. The maximum atomic E-state index is 10.9. The van der Waals surface area contributed by atoms with Gasteiger partial charge in [0.05, 0.1) is 12.6 Å². The lowest BCUT2D eigenvalue weighted by Crippen LogP contribution is -2.68. The van der Waals surface area contributed by atoms with E-state index >= 15 is 0 Å². The van der Waals surface area contributed by atoms with Crippen molar-refractivity contribution in [2.24, 2.45) is 22.9 Å².